The van der Waals surface area contributed by atoms with Crippen LogP contribution in [-0.2, 0) is 0 Å². The minimum absolute atomic E-state index is 0.0589. The van der Waals surface area contributed by atoms with Crippen LogP contribution in [0.2, 0.25) is 0 Å². The zero-order chi connectivity index (χ0) is 16.4. The summed E-state index contributed by atoms with van der Waals surface area (Å²) in [5.74, 6) is -0.604. The highest BCUT2D eigenvalue weighted by molar-refractivity contribution is 6.01. The van der Waals surface area contributed by atoms with Gasteiger partial charge in [0.05, 0.1) is 12.0 Å². The van der Waals surface area contributed by atoms with Crippen molar-refractivity contribution in [2.45, 2.75) is 13.0 Å². The first-order valence-corrected chi connectivity index (χ1v) is 7.49. The van der Waals surface area contributed by atoms with Crippen molar-refractivity contribution in [2.24, 2.45) is 5.92 Å². The van der Waals surface area contributed by atoms with Gasteiger partial charge in [-0.05, 0) is 18.1 Å². The predicted octanol–water partition coefficient (Wildman–Crippen LogP) is 3.36. The van der Waals surface area contributed by atoms with Crippen LogP contribution in [0.1, 0.15) is 27.5 Å². The van der Waals surface area contributed by atoms with Gasteiger partial charge in [-0.3, -0.25) is 4.79 Å². The lowest BCUT2D eigenvalue weighted by molar-refractivity contribution is 0.0905. The van der Waals surface area contributed by atoms with Gasteiger partial charge in [-0.25, -0.2) is 4.79 Å². The predicted molar refractivity (Wildman–Crippen MR) is 89.0 cm³/mol. The van der Waals surface area contributed by atoms with Gasteiger partial charge in [-0.1, -0.05) is 61.2 Å². The van der Waals surface area contributed by atoms with Gasteiger partial charge in [-0.15, -0.1) is 0 Å². The van der Waals surface area contributed by atoms with E-state index >= 15 is 0 Å². The van der Waals surface area contributed by atoms with E-state index in [1.807, 2.05) is 49.4 Å². The highest BCUT2D eigenvalue weighted by Gasteiger charge is 2.38. The Bertz CT molecular complexity index is 768. The Morgan fingerprint density at radius 3 is 2.39 bits per heavy atom. The van der Waals surface area contributed by atoms with Crippen LogP contribution in [0.3, 0.4) is 0 Å². The first-order chi connectivity index (χ1) is 11.1. The van der Waals surface area contributed by atoms with E-state index in [0.29, 0.717) is 11.3 Å². The van der Waals surface area contributed by atoms with Crippen LogP contribution in [0.15, 0.2) is 66.9 Å². The number of hydrogen-bond donors (Lipinski definition) is 2. The van der Waals surface area contributed by atoms with E-state index in [2.05, 4.69) is 17.2 Å². The molecule has 116 valence electrons. The van der Waals surface area contributed by atoms with Gasteiger partial charge >= 0.3 is 6.03 Å². The molecule has 4 nitrogen and oxygen atoms in total. The molecule has 0 unspecified atom stereocenters. The van der Waals surface area contributed by atoms with Crippen LogP contribution in [0.4, 0.5) is 4.79 Å². The number of aryl methyl sites for hydroxylation is 1. The molecule has 0 saturated carbocycles. The molecular formula is C19H18N2O2. The molecule has 3 rings (SSSR count). The van der Waals surface area contributed by atoms with E-state index in [4.69, 9.17) is 0 Å². The maximum absolute atomic E-state index is 13.0. The molecule has 0 radical (unpaired) electrons. The summed E-state index contributed by atoms with van der Waals surface area (Å²) in [4.78, 5) is 24.8. The molecule has 2 aromatic rings. The highest BCUT2D eigenvalue weighted by Crippen LogP contribution is 2.33. The van der Waals surface area contributed by atoms with Crippen molar-refractivity contribution >= 4 is 11.8 Å². The minimum atomic E-state index is -0.545. The molecule has 2 atom stereocenters. The summed E-state index contributed by atoms with van der Waals surface area (Å²) < 4.78 is 0. The molecule has 1 fully saturated rings. The third kappa shape index (κ3) is 2.88. The van der Waals surface area contributed by atoms with Gasteiger partial charge in [0.2, 0.25) is 0 Å². The maximum atomic E-state index is 13.0. The van der Waals surface area contributed by atoms with Crippen LogP contribution >= 0.6 is 0 Å². The van der Waals surface area contributed by atoms with Crippen molar-refractivity contribution in [3.8, 4) is 0 Å². The molecule has 0 bridgehead atoms. The Labute approximate surface area is 135 Å². The number of ketones is 1. The zero-order valence-corrected chi connectivity index (χ0v) is 12.9. The number of benzene rings is 2. The highest BCUT2D eigenvalue weighted by atomic mass is 16.2. The number of amides is 2. The number of urea groups is 1. The summed E-state index contributed by atoms with van der Waals surface area (Å²) in [6, 6.07) is 16.1. The van der Waals surface area contributed by atoms with Crippen molar-refractivity contribution in [3.05, 3.63) is 83.6 Å². The van der Waals surface area contributed by atoms with E-state index in [-0.39, 0.29) is 11.8 Å². The summed E-state index contributed by atoms with van der Waals surface area (Å²) in [5, 5.41) is 5.51. The third-order valence-electron chi connectivity index (χ3n) is 4.13. The third-order valence-corrected chi connectivity index (χ3v) is 4.13. The number of rotatable bonds is 3. The second kappa shape index (κ2) is 6.08. The quantitative estimate of drug-likeness (QED) is 0.854. The van der Waals surface area contributed by atoms with E-state index < -0.39 is 12.0 Å². The molecule has 2 aromatic carbocycles. The van der Waals surface area contributed by atoms with Crippen LogP contribution in [0, 0.1) is 12.8 Å². The zero-order valence-electron chi connectivity index (χ0n) is 12.9. The lowest BCUT2D eigenvalue weighted by Crippen LogP contribution is -2.50. The molecule has 0 aromatic heterocycles. The lowest BCUT2D eigenvalue weighted by Gasteiger charge is -2.34. The van der Waals surface area contributed by atoms with Gasteiger partial charge in [0.15, 0.2) is 5.78 Å². The van der Waals surface area contributed by atoms with Gasteiger partial charge in [-0.2, -0.15) is 0 Å². The fraction of sp³-hybridized carbons (Fsp3) is 0.158. The summed E-state index contributed by atoms with van der Waals surface area (Å²) in [7, 11) is 0. The standard InChI is InChI=1S/C19H18N2O2/c1-12-8-6-7-11-15(12)17-16(13(2)20-19(23)21-17)18(22)14-9-4-3-5-10-14/h3-11,16-17H,2H2,1H3,(H2,20,21,23)/t16-,17+/m0/s1. The molecule has 1 aliphatic rings. The van der Waals surface area contributed by atoms with Crippen LogP contribution in [-0.4, -0.2) is 11.8 Å². The minimum Gasteiger partial charge on any atom is -0.330 e. The van der Waals surface area contributed by atoms with Crippen molar-refractivity contribution in [2.75, 3.05) is 0 Å². The second-order valence-electron chi connectivity index (χ2n) is 5.67. The summed E-state index contributed by atoms with van der Waals surface area (Å²) >= 11 is 0. The van der Waals surface area contributed by atoms with Crippen LogP contribution in [0.5, 0.6) is 0 Å². The first-order valence-electron chi connectivity index (χ1n) is 7.49. The van der Waals surface area contributed by atoms with E-state index in [1.165, 1.54) is 0 Å². The molecule has 2 amide bonds. The Balaban J connectivity index is 2.04. The largest absolute Gasteiger partial charge is 0.330 e. The van der Waals surface area contributed by atoms with Crippen molar-refractivity contribution in [3.63, 3.8) is 0 Å². The lowest BCUT2D eigenvalue weighted by atomic mass is 9.82. The molecule has 1 heterocycles. The average Bonchev–Trinajstić information content (AvgIpc) is 2.55. The second-order valence-corrected chi connectivity index (χ2v) is 5.67. The number of nitrogens with one attached hydrogen (secondary N) is 2. The molecule has 0 aliphatic carbocycles. The van der Waals surface area contributed by atoms with Gasteiger partial charge in [0.25, 0.3) is 0 Å². The Morgan fingerprint density at radius 1 is 1.04 bits per heavy atom. The van der Waals surface area contributed by atoms with Crippen LogP contribution < -0.4 is 10.6 Å². The Hall–Kier alpha value is -2.88. The van der Waals surface area contributed by atoms with Gasteiger partial charge in [0.1, 0.15) is 0 Å². The normalized spacial score (nSPS) is 20.6. The number of Topliss-reactive ketones (excluding diaryl/α,β-unsaturated/α-hetero) is 1. The molecule has 23 heavy (non-hydrogen) atoms. The molecular weight excluding hydrogens is 288 g/mol. The van der Waals surface area contributed by atoms with Crippen molar-refractivity contribution in [1.82, 2.24) is 10.6 Å². The summed E-state index contributed by atoms with van der Waals surface area (Å²) in [6.07, 6.45) is 0. The number of carbonyl (C=O) groups is 2. The summed E-state index contributed by atoms with van der Waals surface area (Å²) in [6.45, 7) is 5.87. The van der Waals surface area contributed by atoms with E-state index in [1.54, 1.807) is 12.1 Å². The molecule has 0 spiro atoms. The van der Waals surface area contributed by atoms with E-state index in [9.17, 15) is 9.59 Å². The monoisotopic (exact) mass is 306 g/mol. The SMILES string of the molecule is C=C1NC(=O)N[C@H](c2ccccc2C)[C@H]1C(=O)c1ccccc1. The Morgan fingerprint density at radius 2 is 1.70 bits per heavy atom. The van der Waals surface area contributed by atoms with Crippen LogP contribution in [0.25, 0.3) is 0 Å². The first kappa shape index (κ1) is 15.0. The molecule has 1 aliphatic heterocycles. The fourth-order valence-corrected chi connectivity index (χ4v) is 2.97. The molecule has 2 N–H and O–H groups in total. The fourth-order valence-electron chi connectivity index (χ4n) is 2.97. The topological polar surface area (TPSA) is 58.2 Å². The Kier molecular flexibility index (Phi) is 3.98. The number of hydrogen-bond acceptors (Lipinski definition) is 2. The van der Waals surface area contributed by atoms with Crippen molar-refractivity contribution in [1.29, 1.82) is 0 Å². The summed E-state index contributed by atoms with van der Waals surface area (Å²) in [5.41, 5.74) is 2.99. The van der Waals surface area contributed by atoms with Crippen molar-refractivity contribution < 1.29 is 9.59 Å². The van der Waals surface area contributed by atoms with Gasteiger partial charge < -0.3 is 10.6 Å². The molecule has 1 saturated heterocycles. The van der Waals surface area contributed by atoms with Gasteiger partial charge in [0, 0.05) is 11.3 Å². The smallest absolute Gasteiger partial charge is 0.319 e. The average molecular weight is 306 g/mol. The maximum Gasteiger partial charge on any atom is 0.319 e. The number of carbonyl (C=O) groups excluding carboxylic acids is 2. The molecule has 4 heteroatoms. The van der Waals surface area contributed by atoms with E-state index in [0.717, 1.165) is 11.1 Å².